The quantitative estimate of drug-likeness (QED) is 0.833. The molecule has 0 saturated heterocycles. The lowest BCUT2D eigenvalue weighted by molar-refractivity contribution is -0.0119. The van der Waals surface area contributed by atoms with E-state index in [1.807, 2.05) is 19.4 Å². The molecule has 1 aromatic rings. The number of rotatable bonds is 4. The lowest BCUT2D eigenvalue weighted by Gasteiger charge is -2.35. The average molecular weight is 237 g/mol. The van der Waals surface area contributed by atoms with Crippen LogP contribution in [0.4, 0.5) is 0 Å². The first-order valence-electron chi connectivity index (χ1n) is 6.48. The summed E-state index contributed by atoms with van der Waals surface area (Å²) in [5, 5.41) is 17.9. The van der Waals surface area contributed by atoms with Crippen molar-refractivity contribution in [2.45, 2.75) is 44.8 Å². The van der Waals surface area contributed by atoms with Crippen LogP contribution in [0.15, 0.2) is 12.4 Å². The van der Waals surface area contributed by atoms with Crippen LogP contribution in [-0.4, -0.2) is 27.0 Å². The Kier molecular flexibility index (Phi) is 3.84. The van der Waals surface area contributed by atoms with Gasteiger partial charge in [0.05, 0.1) is 11.8 Å². The largest absolute Gasteiger partial charge is 0.389 e. The van der Waals surface area contributed by atoms with Crippen LogP contribution >= 0.6 is 0 Å². The van der Waals surface area contributed by atoms with Gasteiger partial charge in [0.25, 0.3) is 0 Å². The number of hydrogen-bond donors (Lipinski definition) is 2. The molecule has 0 amide bonds. The van der Waals surface area contributed by atoms with E-state index >= 15 is 0 Å². The molecule has 0 aromatic carbocycles. The maximum Gasteiger partial charge on any atom is 0.0774 e. The van der Waals surface area contributed by atoms with Gasteiger partial charge in [-0.2, -0.15) is 5.10 Å². The Labute approximate surface area is 103 Å². The summed E-state index contributed by atoms with van der Waals surface area (Å²) in [5.74, 6) is 0.647. The van der Waals surface area contributed by atoms with Gasteiger partial charge in [-0.05, 0) is 18.8 Å². The summed E-state index contributed by atoms with van der Waals surface area (Å²) < 4.78 is 1.80. The zero-order valence-corrected chi connectivity index (χ0v) is 10.8. The molecule has 17 heavy (non-hydrogen) atoms. The Bertz CT molecular complexity index is 363. The van der Waals surface area contributed by atoms with Crippen molar-refractivity contribution < 1.29 is 5.11 Å². The lowest BCUT2D eigenvalue weighted by Crippen LogP contribution is -2.43. The van der Waals surface area contributed by atoms with Crippen LogP contribution in [0.2, 0.25) is 0 Å². The van der Waals surface area contributed by atoms with E-state index in [2.05, 4.69) is 17.3 Å². The Morgan fingerprint density at radius 3 is 3.12 bits per heavy atom. The number of nitrogens with one attached hydrogen (secondary N) is 1. The molecule has 96 valence electrons. The molecule has 0 radical (unpaired) electrons. The maximum atomic E-state index is 10.4. The van der Waals surface area contributed by atoms with E-state index in [4.69, 9.17) is 0 Å². The van der Waals surface area contributed by atoms with Gasteiger partial charge in [-0.3, -0.25) is 4.68 Å². The van der Waals surface area contributed by atoms with Crippen molar-refractivity contribution in [1.29, 1.82) is 0 Å². The third-order valence-electron chi connectivity index (χ3n) is 3.61. The Balaban J connectivity index is 1.77. The number of aromatic nitrogens is 2. The minimum Gasteiger partial charge on any atom is -0.389 e. The summed E-state index contributed by atoms with van der Waals surface area (Å²) in [6, 6.07) is 0. The van der Waals surface area contributed by atoms with Crippen molar-refractivity contribution in [2.75, 3.05) is 6.54 Å². The van der Waals surface area contributed by atoms with Crippen LogP contribution in [0.5, 0.6) is 0 Å². The molecule has 0 aliphatic heterocycles. The van der Waals surface area contributed by atoms with Gasteiger partial charge in [0.1, 0.15) is 0 Å². The normalized spacial score (nSPS) is 29.5. The van der Waals surface area contributed by atoms with Crippen LogP contribution in [0.1, 0.15) is 38.2 Å². The van der Waals surface area contributed by atoms with E-state index in [1.54, 1.807) is 4.68 Å². The van der Waals surface area contributed by atoms with Gasteiger partial charge < -0.3 is 10.4 Å². The highest BCUT2D eigenvalue weighted by Crippen LogP contribution is 2.31. The molecule has 1 fully saturated rings. The van der Waals surface area contributed by atoms with E-state index in [0.29, 0.717) is 12.5 Å². The van der Waals surface area contributed by atoms with Crippen LogP contribution in [0.25, 0.3) is 0 Å². The summed E-state index contributed by atoms with van der Waals surface area (Å²) in [5.41, 5.74) is 0.667. The summed E-state index contributed by atoms with van der Waals surface area (Å²) >= 11 is 0. The molecule has 1 heterocycles. The lowest BCUT2D eigenvalue weighted by atomic mass is 9.79. The molecule has 2 N–H and O–H groups in total. The Morgan fingerprint density at radius 1 is 1.65 bits per heavy atom. The smallest absolute Gasteiger partial charge is 0.0774 e. The highest BCUT2D eigenvalue weighted by atomic mass is 16.3. The number of nitrogens with zero attached hydrogens (tertiary/aromatic N) is 2. The van der Waals surface area contributed by atoms with Crippen molar-refractivity contribution in [1.82, 2.24) is 15.1 Å². The van der Waals surface area contributed by atoms with Gasteiger partial charge in [0.2, 0.25) is 0 Å². The minimum absolute atomic E-state index is 0.500. The highest BCUT2D eigenvalue weighted by molar-refractivity contribution is 5.03. The summed E-state index contributed by atoms with van der Waals surface area (Å²) in [6.07, 6.45) is 8.11. The highest BCUT2D eigenvalue weighted by Gasteiger charge is 2.31. The second-order valence-electron chi connectivity index (χ2n) is 5.55. The van der Waals surface area contributed by atoms with Crippen molar-refractivity contribution in [3.05, 3.63) is 18.0 Å². The summed E-state index contributed by atoms with van der Waals surface area (Å²) in [6.45, 7) is 3.70. The van der Waals surface area contributed by atoms with Crippen molar-refractivity contribution >= 4 is 0 Å². The summed E-state index contributed by atoms with van der Waals surface area (Å²) in [4.78, 5) is 0. The zero-order chi connectivity index (χ0) is 12.3. The molecule has 2 atom stereocenters. The molecule has 4 heteroatoms. The van der Waals surface area contributed by atoms with Crippen LogP contribution < -0.4 is 5.32 Å². The van der Waals surface area contributed by atoms with Crippen LogP contribution in [0.3, 0.4) is 0 Å². The molecule has 1 aliphatic rings. The molecular weight excluding hydrogens is 214 g/mol. The molecular formula is C13H23N3O. The van der Waals surface area contributed by atoms with Crippen LogP contribution in [0, 0.1) is 5.92 Å². The fraction of sp³-hybridized carbons (Fsp3) is 0.769. The predicted octanol–water partition coefficient (Wildman–Crippen LogP) is 1.45. The first kappa shape index (κ1) is 12.6. The topological polar surface area (TPSA) is 50.1 Å². The molecule has 1 saturated carbocycles. The van der Waals surface area contributed by atoms with Gasteiger partial charge in [0, 0.05) is 31.9 Å². The third-order valence-corrected chi connectivity index (χ3v) is 3.61. The first-order valence-corrected chi connectivity index (χ1v) is 6.48. The standard InChI is InChI=1S/C13H23N3O/c1-11-4-3-5-13(17,6-11)10-14-7-12-8-15-16(2)9-12/h8-9,11,14,17H,3-7,10H2,1-2H3. The molecule has 2 rings (SSSR count). The molecule has 2 unspecified atom stereocenters. The third kappa shape index (κ3) is 3.54. The molecule has 1 aliphatic carbocycles. The number of aryl methyl sites for hydroxylation is 1. The van der Waals surface area contributed by atoms with E-state index in [1.165, 1.54) is 12.0 Å². The number of aliphatic hydroxyl groups is 1. The molecule has 0 spiro atoms. The SMILES string of the molecule is CC1CCCC(O)(CNCc2cnn(C)c2)C1. The average Bonchev–Trinajstić information content (AvgIpc) is 2.63. The number of hydrogen-bond acceptors (Lipinski definition) is 3. The first-order chi connectivity index (χ1) is 8.07. The van der Waals surface area contributed by atoms with Crippen molar-refractivity contribution in [3.8, 4) is 0 Å². The van der Waals surface area contributed by atoms with Crippen LogP contribution in [-0.2, 0) is 13.6 Å². The van der Waals surface area contributed by atoms with Gasteiger partial charge in [0.15, 0.2) is 0 Å². The van der Waals surface area contributed by atoms with E-state index in [-0.39, 0.29) is 0 Å². The monoisotopic (exact) mass is 237 g/mol. The van der Waals surface area contributed by atoms with Crippen molar-refractivity contribution in [2.24, 2.45) is 13.0 Å². The van der Waals surface area contributed by atoms with E-state index in [0.717, 1.165) is 25.8 Å². The Morgan fingerprint density at radius 2 is 2.47 bits per heavy atom. The van der Waals surface area contributed by atoms with Gasteiger partial charge in [-0.25, -0.2) is 0 Å². The fourth-order valence-electron chi connectivity index (χ4n) is 2.80. The second-order valence-corrected chi connectivity index (χ2v) is 5.55. The van der Waals surface area contributed by atoms with Gasteiger partial charge in [-0.1, -0.05) is 19.8 Å². The van der Waals surface area contributed by atoms with Crippen molar-refractivity contribution in [3.63, 3.8) is 0 Å². The zero-order valence-electron chi connectivity index (χ0n) is 10.8. The second kappa shape index (κ2) is 5.19. The van der Waals surface area contributed by atoms with E-state index < -0.39 is 5.60 Å². The molecule has 1 aromatic heterocycles. The molecule has 0 bridgehead atoms. The van der Waals surface area contributed by atoms with Gasteiger partial charge >= 0.3 is 0 Å². The maximum absolute atomic E-state index is 10.4. The fourth-order valence-corrected chi connectivity index (χ4v) is 2.80. The predicted molar refractivity (Wildman–Crippen MR) is 67.5 cm³/mol. The van der Waals surface area contributed by atoms with E-state index in [9.17, 15) is 5.11 Å². The van der Waals surface area contributed by atoms with Gasteiger partial charge in [-0.15, -0.1) is 0 Å². The summed E-state index contributed by atoms with van der Waals surface area (Å²) in [7, 11) is 1.92. The minimum atomic E-state index is -0.500. The molecule has 4 nitrogen and oxygen atoms in total. The Hall–Kier alpha value is -0.870.